The van der Waals surface area contributed by atoms with Crippen LogP contribution in [0.4, 0.5) is 0 Å². The average molecular weight is 252 g/mol. The Morgan fingerprint density at radius 1 is 1.21 bits per heavy atom. The van der Waals surface area contributed by atoms with E-state index in [0.717, 1.165) is 34.6 Å². The van der Waals surface area contributed by atoms with Gasteiger partial charge >= 0.3 is 5.91 Å². The van der Waals surface area contributed by atoms with E-state index in [1.54, 1.807) is 0 Å². The van der Waals surface area contributed by atoms with Gasteiger partial charge in [-0.15, -0.1) is 0 Å². The van der Waals surface area contributed by atoms with E-state index in [1.165, 1.54) is 0 Å². The molecule has 1 aromatic carbocycles. The third-order valence-electron chi connectivity index (χ3n) is 3.80. The molecule has 3 N–H and O–H groups in total. The minimum atomic E-state index is -0.362. The number of fused-ring (bicyclic) bond motifs is 3. The van der Waals surface area contributed by atoms with Gasteiger partial charge in [-0.3, -0.25) is 4.79 Å². The van der Waals surface area contributed by atoms with E-state index >= 15 is 0 Å². The van der Waals surface area contributed by atoms with Gasteiger partial charge in [-0.1, -0.05) is 18.2 Å². The lowest BCUT2D eigenvalue weighted by Gasteiger charge is -2.00. The van der Waals surface area contributed by atoms with Crippen molar-refractivity contribution in [1.82, 2.24) is 4.98 Å². The maximum atomic E-state index is 11.6. The number of aromatic nitrogens is 2. The number of nitrogens with zero attached hydrogens (tertiary/aromatic N) is 1. The van der Waals surface area contributed by atoms with E-state index in [1.807, 2.05) is 35.0 Å². The molecule has 1 aliphatic carbocycles. The first kappa shape index (κ1) is 10.6. The first-order chi connectivity index (χ1) is 9.24. The summed E-state index contributed by atoms with van der Waals surface area (Å²) in [7, 11) is 0. The molecule has 0 radical (unpaired) electrons. The fourth-order valence-corrected chi connectivity index (χ4v) is 2.71. The number of aromatic amines is 1. The second kappa shape index (κ2) is 3.57. The van der Waals surface area contributed by atoms with Crippen LogP contribution in [-0.2, 0) is 0 Å². The molecule has 0 atom stereocenters. The molecular formula is C15H14N3O+. The molecule has 1 saturated carbocycles. The van der Waals surface area contributed by atoms with Crippen molar-refractivity contribution in [2.45, 2.75) is 18.9 Å². The number of carbonyl (C=O) groups is 1. The standard InChI is InChI=1S/C15H13N3O/c16-15(19)14-7-11-10-3-1-2-4-12(10)17-13(11)8-18(14)9-5-6-9/h1-4,7-9H,5-6H2,(H2,16,19)/p+1. The van der Waals surface area contributed by atoms with E-state index in [9.17, 15) is 4.79 Å². The summed E-state index contributed by atoms with van der Waals surface area (Å²) >= 11 is 0. The van der Waals surface area contributed by atoms with Crippen molar-refractivity contribution in [2.24, 2.45) is 5.73 Å². The summed E-state index contributed by atoms with van der Waals surface area (Å²) in [6.45, 7) is 0. The third-order valence-corrected chi connectivity index (χ3v) is 3.80. The van der Waals surface area contributed by atoms with Gasteiger partial charge in [-0.2, -0.15) is 4.57 Å². The molecule has 1 fully saturated rings. The van der Waals surface area contributed by atoms with Gasteiger partial charge in [0.1, 0.15) is 5.52 Å². The number of hydrogen-bond donors (Lipinski definition) is 2. The summed E-state index contributed by atoms with van der Waals surface area (Å²) in [4.78, 5) is 15.0. The van der Waals surface area contributed by atoms with Crippen LogP contribution in [0, 0.1) is 0 Å². The molecule has 2 heterocycles. The van der Waals surface area contributed by atoms with E-state index in [0.29, 0.717) is 11.7 Å². The molecule has 1 amide bonds. The molecular weight excluding hydrogens is 238 g/mol. The highest BCUT2D eigenvalue weighted by Crippen LogP contribution is 2.31. The highest BCUT2D eigenvalue weighted by atomic mass is 16.1. The predicted molar refractivity (Wildman–Crippen MR) is 72.8 cm³/mol. The van der Waals surface area contributed by atoms with Gasteiger partial charge in [0.2, 0.25) is 0 Å². The number of para-hydroxylation sites is 1. The van der Waals surface area contributed by atoms with Gasteiger partial charge in [0, 0.05) is 35.2 Å². The Bertz CT molecular complexity index is 815. The average Bonchev–Trinajstić information content (AvgIpc) is 3.18. The number of rotatable bonds is 2. The van der Waals surface area contributed by atoms with Crippen molar-refractivity contribution in [3.05, 3.63) is 42.2 Å². The topological polar surface area (TPSA) is 62.8 Å². The molecule has 0 saturated heterocycles. The quantitative estimate of drug-likeness (QED) is 0.674. The number of nitrogens with two attached hydrogens (primary N) is 1. The molecule has 0 unspecified atom stereocenters. The minimum absolute atomic E-state index is 0.362. The molecule has 4 nitrogen and oxygen atoms in total. The van der Waals surface area contributed by atoms with Crippen LogP contribution in [0.1, 0.15) is 29.4 Å². The number of hydrogen-bond acceptors (Lipinski definition) is 1. The van der Waals surface area contributed by atoms with Gasteiger partial charge in [0.25, 0.3) is 5.69 Å². The van der Waals surface area contributed by atoms with Gasteiger partial charge in [-0.05, 0) is 6.07 Å². The molecule has 19 heavy (non-hydrogen) atoms. The molecule has 1 aliphatic rings. The van der Waals surface area contributed by atoms with Gasteiger partial charge < -0.3 is 10.7 Å². The van der Waals surface area contributed by atoms with Crippen molar-refractivity contribution in [1.29, 1.82) is 0 Å². The van der Waals surface area contributed by atoms with Crippen LogP contribution in [-0.4, -0.2) is 10.9 Å². The number of primary amides is 1. The maximum Gasteiger partial charge on any atom is 0.313 e. The fraction of sp³-hybridized carbons (Fsp3) is 0.200. The summed E-state index contributed by atoms with van der Waals surface area (Å²) in [6, 6.07) is 10.4. The van der Waals surface area contributed by atoms with Crippen LogP contribution < -0.4 is 10.3 Å². The zero-order chi connectivity index (χ0) is 13.0. The normalized spacial score (nSPS) is 15.2. The highest BCUT2D eigenvalue weighted by molar-refractivity contribution is 6.08. The minimum Gasteiger partial charge on any atom is -0.360 e. The molecule has 0 aliphatic heterocycles. The van der Waals surface area contributed by atoms with Crippen molar-refractivity contribution < 1.29 is 9.36 Å². The lowest BCUT2D eigenvalue weighted by molar-refractivity contribution is -0.701. The number of amides is 1. The first-order valence-corrected chi connectivity index (χ1v) is 6.49. The number of carbonyl (C=O) groups excluding carboxylic acids is 1. The Balaban J connectivity index is 2.10. The van der Waals surface area contributed by atoms with E-state index < -0.39 is 0 Å². The second-order valence-electron chi connectivity index (χ2n) is 5.16. The summed E-state index contributed by atoms with van der Waals surface area (Å²) in [5.41, 5.74) is 8.25. The predicted octanol–water partition coefficient (Wildman–Crippen LogP) is 2.04. The molecule has 2 aromatic heterocycles. The Hall–Kier alpha value is -2.36. The van der Waals surface area contributed by atoms with Crippen molar-refractivity contribution >= 4 is 27.7 Å². The van der Waals surface area contributed by atoms with Gasteiger partial charge in [-0.25, -0.2) is 0 Å². The zero-order valence-electron chi connectivity index (χ0n) is 10.4. The van der Waals surface area contributed by atoms with E-state index in [2.05, 4.69) is 11.1 Å². The second-order valence-corrected chi connectivity index (χ2v) is 5.16. The summed E-state index contributed by atoms with van der Waals surface area (Å²) in [5, 5.41) is 2.18. The molecule has 4 rings (SSSR count). The highest BCUT2D eigenvalue weighted by Gasteiger charge is 2.36. The van der Waals surface area contributed by atoms with E-state index in [-0.39, 0.29) is 5.91 Å². The van der Waals surface area contributed by atoms with Crippen LogP contribution >= 0.6 is 0 Å². The van der Waals surface area contributed by atoms with Crippen LogP contribution in [0.25, 0.3) is 21.8 Å². The zero-order valence-corrected chi connectivity index (χ0v) is 10.4. The van der Waals surface area contributed by atoms with Crippen molar-refractivity contribution in [3.63, 3.8) is 0 Å². The van der Waals surface area contributed by atoms with Gasteiger partial charge in [0.05, 0.1) is 0 Å². The third kappa shape index (κ3) is 1.53. The molecule has 0 spiro atoms. The Kier molecular flexibility index (Phi) is 1.98. The smallest absolute Gasteiger partial charge is 0.313 e. The fourth-order valence-electron chi connectivity index (χ4n) is 2.71. The SMILES string of the molecule is NC(=O)c1cc2c(c[n+]1C1CC1)[nH]c1ccccc12. The van der Waals surface area contributed by atoms with Crippen LogP contribution in [0.15, 0.2) is 36.5 Å². The molecule has 0 bridgehead atoms. The number of benzene rings is 1. The summed E-state index contributed by atoms with van der Waals surface area (Å²) in [6.07, 6.45) is 4.26. The van der Waals surface area contributed by atoms with Crippen molar-refractivity contribution in [3.8, 4) is 0 Å². The van der Waals surface area contributed by atoms with Crippen LogP contribution in [0.2, 0.25) is 0 Å². The number of nitrogens with one attached hydrogen (secondary N) is 1. The first-order valence-electron chi connectivity index (χ1n) is 6.49. The Morgan fingerprint density at radius 2 is 2.00 bits per heavy atom. The van der Waals surface area contributed by atoms with Crippen LogP contribution in [0.3, 0.4) is 0 Å². The Labute approximate surface area is 109 Å². The number of H-pyrrole nitrogens is 1. The lowest BCUT2D eigenvalue weighted by Crippen LogP contribution is -2.41. The Morgan fingerprint density at radius 3 is 2.74 bits per heavy atom. The molecule has 4 heteroatoms. The summed E-state index contributed by atoms with van der Waals surface area (Å²) in [5.74, 6) is -0.362. The lowest BCUT2D eigenvalue weighted by atomic mass is 10.1. The van der Waals surface area contributed by atoms with Gasteiger partial charge in [0.15, 0.2) is 12.2 Å². The monoisotopic (exact) mass is 252 g/mol. The molecule has 3 aromatic rings. The number of pyridine rings is 1. The van der Waals surface area contributed by atoms with E-state index in [4.69, 9.17) is 5.73 Å². The van der Waals surface area contributed by atoms with Crippen LogP contribution in [0.5, 0.6) is 0 Å². The molecule has 94 valence electrons. The summed E-state index contributed by atoms with van der Waals surface area (Å²) < 4.78 is 2.01. The maximum absolute atomic E-state index is 11.6. The largest absolute Gasteiger partial charge is 0.360 e. The van der Waals surface area contributed by atoms with Crippen molar-refractivity contribution in [2.75, 3.05) is 0 Å².